The maximum atomic E-state index is 11.8. The summed E-state index contributed by atoms with van der Waals surface area (Å²) in [6, 6.07) is 15.9. The number of benzene rings is 2. The number of nitrogens with one attached hydrogen (secondary N) is 1. The second-order valence-electron chi connectivity index (χ2n) is 5.20. The van der Waals surface area contributed by atoms with Crippen LogP contribution in [0.5, 0.6) is 11.5 Å². The molecule has 0 atom stereocenters. The lowest BCUT2D eigenvalue weighted by molar-refractivity contribution is -0.0381. The van der Waals surface area contributed by atoms with E-state index < -0.39 is 6.03 Å². The van der Waals surface area contributed by atoms with E-state index in [2.05, 4.69) is 12.2 Å². The predicted octanol–water partition coefficient (Wildman–Crippen LogP) is 4.89. The van der Waals surface area contributed by atoms with Gasteiger partial charge in [0, 0.05) is 5.69 Å². The molecule has 0 spiro atoms. The number of amides is 2. The number of para-hydroxylation sites is 1. The van der Waals surface area contributed by atoms with Crippen LogP contribution >= 0.6 is 0 Å². The molecule has 5 heteroatoms. The molecule has 0 heterocycles. The molecule has 0 aliphatic rings. The standard InChI is InChI=1S/C18H22N2O3/c1-2-3-7-14-20(22)18(21)19-15-10-12-17(13-11-15)23-16-8-5-4-6-9-16/h4-6,8-13,22H,2-3,7,14H2,1H3,(H,19,21). The van der Waals surface area contributed by atoms with Crippen molar-refractivity contribution in [2.24, 2.45) is 0 Å². The molecular formula is C18H22N2O3. The smallest absolute Gasteiger partial charge is 0.345 e. The van der Waals surface area contributed by atoms with Crippen LogP contribution in [0.15, 0.2) is 54.6 Å². The van der Waals surface area contributed by atoms with Crippen molar-refractivity contribution in [2.45, 2.75) is 26.2 Å². The van der Waals surface area contributed by atoms with Gasteiger partial charge in [0.1, 0.15) is 11.5 Å². The van der Waals surface area contributed by atoms with E-state index >= 15 is 0 Å². The van der Waals surface area contributed by atoms with E-state index in [1.54, 1.807) is 24.3 Å². The van der Waals surface area contributed by atoms with Crippen LogP contribution in [0.25, 0.3) is 0 Å². The molecule has 0 aromatic heterocycles. The highest BCUT2D eigenvalue weighted by Crippen LogP contribution is 2.22. The van der Waals surface area contributed by atoms with Crippen LogP contribution in [0, 0.1) is 0 Å². The number of hydrogen-bond donors (Lipinski definition) is 2. The highest BCUT2D eigenvalue weighted by atomic mass is 16.5. The van der Waals surface area contributed by atoms with Crippen LogP contribution < -0.4 is 10.1 Å². The number of nitrogens with zero attached hydrogens (tertiary/aromatic N) is 1. The number of carbonyl (C=O) groups excluding carboxylic acids is 1. The Hall–Kier alpha value is -2.53. The van der Waals surface area contributed by atoms with Gasteiger partial charge >= 0.3 is 6.03 Å². The van der Waals surface area contributed by atoms with Gasteiger partial charge in [-0.15, -0.1) is 0 Å². The second kappa shape index (κ2) is 8.80. The molecule has 2 N–H and O–H groups in total. The number of carbonyl (C=O) groups is 1. The predicted molar refractivity (Wildman–Crippen MR) is 90.0 cm³/mol. The number of ether oxygens (including phenoxy) is 1. The molecule has 0 bridgehead atoms. The van der Waals surface area contributed by atoms with Gasteiger partial charge in [0.05, 0.1) is 6.54 Å². The van der Waals surface area contributed by atoms with Gasteiger partial charge in [-0.1, -0.05) is 38.0 Å². The van der Waals surface area contributed by atoms with Crippen molar-refractivity contribution >= 4 is 11.7 Å². The normalized spacial score (nSPS) is 10.2. The van der Waals surface area contributed by atoms with E-state index in [-0.39, 0.29) is 0 Å². The average Bonchev–Trinajstić information content (AvgIpc) is 2.57. The minimum Gasteiger partial charge on any atom is -0.457 e. The number of hydrogen-bond acceptors (Lipinski definition) is 3. The third-order valence-electron chi connectivity index (χ3n) is 3.29. The van der Waals surface area contributed by atoms with E-state index in [1.807, 2.05) is 30.3 Å². The van der Waals surface area contributed by atoms with Gasteiger partial charge in [0.2, 0.25) is 0 Å². The fourth-order valence-electron chi connectivity index (χ4n) is 2.03. The number of urea groups is 1. The zero-order chi connectivity index (χ0) is 16.5. The van der Waals surface area contributed by atoms with Crippen LogP contribution in [0.1, 0.15) is 26.2 Å². The summed E-state index contributed by atoms with van der Waals surface area (Å²) >= 11 is 0. The maximum absolute atomic E-state index is 11.8. The summed E-state index contributed by atoms with van der Waals surface area (Å²) in [6.07, 6.45) is 2.80. The SMILES string of the molecule is CCCCCN(O)C(=O)Nc1ccc(Oc2ccccc2)cc1. The average molecular weight is 314 g/mol. The van der Waals surface area contributed by atoms with E-state index in [4.69, 9.17) is 4.74 Å². The minimum absolute atomic E-state index is 0.328. The second-order valence-corrected chi connectivity index (χ2v) is 5.20. The Kier molecular flexibility index (Phi) is 6.44. The third-order valence-corrected chi connectivity index (χ3v) is 3.29. The van der Waals surface area contributed by atoms with Crippen molar-refractivity contribution in [1.29, 1.82) is 0 Å². The highest BCUT2D eigenvalue weighted by molar-refractivity contribution is 5.88. The molecule has 0 radical (unpaired) electrons. The van der Waals surface area contributed by atoms with Gasteiger partial charge < -0.3 is 10.1 Å². The van der Waals surface area contributed by atoms with Gasteiger partial charge in [-0.25, -0.2) is 9.86 Å². The summed E-state index contributed by atoms with van der Waals surface area (Å²) in [5.41, 5.74) is 0.602. The zero-order valence-electron chi connectivity index (χ0n) is 13.2. The van der Waals surface area contributed by atoms with Crippen molar-refractivity contribution in [3.05, 3.63) is 54.6 Å². The highest BCUT2D eigenvalue weighted by Gasteiger charge is 2.10. The van der Waals surface area contributed by atoms with Crippen molar-refractivity contribution in [2.75, 3.05) is 11.9 Å². The molecule has 2 amide bonds. The Morgan fingerprint density at radius 2 is 1.70 bits per heavy atom. The summed E-state index contributed by atoms with van der Waals surface area (Å²) < 4.78 is 5.68. The van der Waals surface area contributed by atoms with E-state index in [9.17, 15) is 10.0 Å². The third kappa shape index (κ3) is 5.64. The van der Waals surface area contributed by atoms with Crippen LogP contribution in [0.4, 0.5) is 10.5 Å². The number of rotatable bonds is 7. The first-order chi connectivity index (χ1) is 11.2. The molecular weight excluding hydrogens is 292 g/mol. The van der Waals surface area contributed by atoms with Crippen molar-refractivity contribution in [3.63, 3.8) is 0 Å². The molecule has 2 rings (SSSR count). The molecule has 0 unspecified atom stereocenters. The summed E-state index contributed by atoms with van der Waals surface area (Å²) in [5, 5.41) is 13.0. The molecule has 2 aromatic carbocycles. The van der Waals surface area contributed by atoms with Gasteiger partial charge in [0.25, 0.3) is 0 Å². The van der Waals surface area contributed by atoms with Crippen LogP contribution in [0.3, 0.4) is 0 Å². The Bertz CT molecular complexity index is 599. The molecule has 0 fully saturated rings. The summed E-state index contributed by atoms with van der Waals surface area (Å²) in [5.74, 6) is 1.43. The van der Waals surface area contributed by atoms with Crippen molar-refractivity contribution in [3.8, 4) is 11.5 Å². The number of unbranched alkanes of at least 4 members (excludes halogenated alkanes) is 2. The molecule has 0 aliphatic heterocycles. The first kappa shape index (κ1) is 16.8. The Labute approximate surface area is 136 Å². The van der Waals surface area contributed by atoms with E-state index in [1.165, 1.54) is 0 Å². The lowest BCUT2D eigenvalue weighted by Crippen LogP contribution is -2.32. The van der Waals surface area contributed by atoms with Crippen molar-refractivity contribution < 1.29 is 14.7 Å². The molecule has 23 heavy (non-hydrogen) atoms. The van der Waals surface area contributed by atoms with E-state index in [0.29, 0.717) is 23.0 Å². The first-order valence-electron chi connectivity index (χ1n) is 7.79. The molecule has 0 saturated carbocycles. The van der Waals surface area contributed by atoms with Crippen molar-refractivity contribution in [1.82, 2.24) is 5.06 Å². The van der Waals surface area contributed by atoms with Gasteiger partial charge in [-0.3, -0.25) is 5.21 Å². The number of anilines is 1. The monoisotopic (exact) mass is 314 g/mol. The molecule has 0 aliphatic carbocycles. The first-order valence-corrected chi connectivity index (χ1v) is 7.79. The maximum Gasteiger partial charge on any atom is 0.345 e. The molecule has 5 nitrogen and oxygen atoms in total. The van der Waals surface area contributed by atoms with Crippen LogP contribution in [-0.4, -0.2) is 22.8 Å². The Balaban J connectivity index is 1.86. The fourth-order valence-corrected chi connectivity index (χ4v) is 2.03. The van der Waals surface area contributed by atoms with Gasteiger partial charge in [-0.05, 0) is 42.8 Å². The van der Waals surface area contributed by atoms with Gasteiger partial charge in [0.15, 0.2) is 0 Å². The van der Waals surface area contributed by atoms with E-state index in [0.717, 1.165) is 25.0 Å². The van der Waals surface area contributed by atoms with Gasteiger partial charge in [-0.2, -0.15) is 0 Å². The summed E-state index contributed by atoms with van der Waals surface area (Å²) in [7, 11) is 0. The topological polar surface area (TPSA) is 61.8 Å². The minimum atomic E-state index is -0.530. The summed E-state index contributed by atoms with van der Waals surface area (Å²) in [4.78, 5) is 11.8. The lowest BCUT2D eigenvalue weighted by Gasteiger charge is -2.15. The molecule has 122 valence electrons. The lowest BCUT2D eigenvalue weighted by atomic mass is 10.2. The fraction of sp³-hybridized carbons (Fsp3) is 0.278. The molecule has 2 aromatic rings. The quantitative estimate of drug-likeness (QED) is 0.434. The Morgan fingerprint density at radius 3 is 2.35 bits per heavy atom. The molecule has 0 saturated heterocycles. The summed E-state index contributed by atoms with van der Waals surface area (Å²) in [6.45, 7) is 2.40. The number of hydroxylamine groups is 2. The van der Waals surface area contributed by atoms with Crippen LogP contribution in [0.2, 0.25) is 0 Å². The van der Waals surface area contributed by atoms with Crippen LogP contribution in [-0.2, 0) is 0 Å². The largest absolute Gasteiger partial charge is 0.457 e. The zero-order valence-corrected chi connectivity index (χ0v) is 13.2. The Morgan fingerprint density at radius 1 is 1.04 bits per heavy atom.